The number of imidazole rings is 1. The fourth-order valence-electron chi connectivity index (χ4n) is 2.21. The molecule has 0 bridgehead atoms. The lowest BCUT2D eigenvalue weighted by Gasteiger charge is -2.13. The second kappa shape index (κ2) is 7.88. The van der Waals surface area contributed by atoms with Crippen molar-refractivity contribution in [1.82, 2.24) is 9.55 Å². The second-order valence-corrected chi connectivity index (χ2v) is 7.17. The molecular weight excluding hydrogens is 380 g/mol. The Balaban J connectivity index is 1.72. The van der Waals surface area contributed by atoms with Crippen molar-refractivity contribution in [2.75, 3.05) is 5.32 Å². The van der Waals surface area contributed by atoms with E-state index in [0.717, 1.165) is 17.8 Å². The highest BCUT2D eigenvalue weighted by Crippen LogP contribution is 2.26. The minimum Gasteiger partial charge on any atom is -0.323 e. The molecule has 1 atom stereocenters. The minimum atomic E-state index is -0.821. The monoisotopic (exact) mass is 393 g/mol. The molecule has 0 saturated heterocycles. The van der Waals surface area contributed by atoms with Gasteiger partial charge < -0.3 is 5.32 Å². The van der Waals surface area contributed by atoms with Crippen LogP contribution in [0.1, 0.15) is 6.92 Å². The van der Waals surface area contributed by atoms with Gasteiger partial charge in [0.15, 0.2) is 5.16 Å². The molecule has 1 N–H and O–H groups in total. The summed E-state index contributed by atoms with van der Waals surface area (Å²) in [4.78, 5) is 16.6. The summed E-state index contributed by atoms with van der Waals surface area (Å²) in [5.74, 6) is -1.93. The number of nitrogens with one attached hydrogen (secondary N) is 1. The van der Waals surface area contributed by atoms with E-state index in [1.165, 1.54) is 17.8 Å². The molecule has 0 aliphatic heterocycles. The summed E-state index contributed by atoms with van der Waals surface area (Å²) in [5.41, 5.74) is 0.788. The molecular formula is C18H14ClF2N3OS. The standard InChI is InChI=1S/C18H14ClF2N3OS/c1-11(17(25)23-16-7-4-13(20)10-15(16)21)26-18-22-8-9-24(18)14-5-2-12(19)3-6-14/h2-11H,1H3,(H,23,25)/t11-/m1/s1. The smallest absolute Gasteiger partial charge is 0.237 e. The number of amides is 1. The van der Waals surface area contributed by atoms with Crippen LogP contribution in [0, 0.1) is 11.6 Å². The van der Waals surface area contributed by atoms with Gasteiger partial charge in [-0.05, 0) is 43.3 Å². The Labute approximate surface area is 158 Å². The van der Waals surface area contributed by atoms with E-state index in [4.69, 9.17) is 11.6 Å². The molecule has 0 aliphatic carbocycles. The number of benzene rings is 2. The van der Waals surface area contributed by atoms with Crippen molar-refractivity contribution in [3.63, 3.8) is 0 Å². The SMILES string of the molecule is C[C@@H](Sc1nccn1-c1ccc(Cl)cc1)C(=O)Nc1ccc(F)cc1F. The molecule has 0 fully saturated rings. The first-order chi connectivity index (χ1) is 12.4. The van der Waals surface area contributed by atoms with Gasteiger partial charge >= 0.3 is 0 Å². The maximum atomic E-state index is 13.7. The van der Waals surface area contributed by atoms with Crippen LogP contribution in [0.2, 0.25) is 5.02 Å². The van der Waals surface area contributed by atoms with Crippen molar-refractivity contribution >= 4 is 35.0 Å². The number of hydrogen-bond acceptors (Lipinski definition) is 3. The molecule has 0 unspecified atom stereocenters. The van der Waals surface area contributed by atoms with Crippen LogP contribution in [0.3, 0.4) is 0 Å². The number of nitrogens with zero attached hydrogens (tertiary/aromatic N) is 2. The Morgan fingerprint density at radius 3 is 2.65 bits per heavy atom. The summed E-state index contributed by atoms with van der Waals surface area (Å²) in [7, 11) is 0. The first kappa shape index (κ1) is 18.4. The Kier molecular flexibility index (Phi) is 5.58. The summed E-state index contributed by atoms with van der Waals surface area (Å²) in [6, 6.07) is 10.2. The zero-order valence-corrected chi connectivity index (χ0v) is 15.2. The highest BCUT2D eigenvalue weighted by molar-refractivity contribution is 8.00. The first-order valence-electron chi connectivity index (χ1n) is 7.66. The molecule has 134 valence electrons. The van der Waals surface area contributed by atoms with Crippen LogP contribution >= 0.6 is 23.4 Å². The van der Waals surface area contributed by atoms with E-state index in [1.54, 1.807) is 31.5 Å². The fourth-order valence-corrected chi connectivity index (χ4v) is 3.22. The molecule has 0 radical (unpaired) electrons. The zero-order chi connectivity index (χ0) is 18.7. The van der Waals surface area contributed by atoms with Crippen molar-refractivity contribution in [2.24, 2.45) is 0 Å². The maximum absolute atomic E-state index is 13.7. The molecule has 3 aromatic rings. The van der Waals surface area contributed by atoms with Crippen molar-refractivity contribution in [3.05, 3.63) is 71.5 Å². The van der Waals surface area contributed by atoms with Crippen LogP contribution in [0.5, 0.6) is 0 Å². The number of carbonyl (C=O) groups is 1. The maximum Gasteiger partial charge on any atom is 0.237 e. The third-order valence-corrected chi connectivity index (χ3v) is 4.88. The van der Waals surface area contributed by atoms with E-state index < -0.39 is 22.8 Å². The van der Waals surface area contributed by atoms with E-state index in [1.807, 2.05) is 16.7 Å². The van der Waals surface area contributed by atoms with Crippen molar-refractivity contribution in [1.29, 1.82) is 0 Å². The Morgan fingerprint density at radius 2 is 1.96 bits per heavy atom. The quantitative estimate of drug-likeness (QED) is 0.625. The van der Waals surface area contributed by atoms with Gasteiger partial charge in [0.05, 0.1) is 10.9 Å². The minimum absolute atomic E-state index is 0.0649. The summed E-state index contributed by atoms with van der Waals surface area (Å²) in [6.45, 7) is 1.68. The van der Waals surface area contributed by atoms with E-state index in [0.29, 0.717) is 10.2 Å². The lowest BCUT2D eigenvalue weighted by Crippen LogP contribution is -2.23. The molecule has 2 aromatic carbocycles. The fraction of sp³-hybridized carbons (Fsp3) is 0.111. The molecule has 26 heavy (non-hydrogen) atoms. The third-order valence-electron chi connectivity index (χ3n) is 3.55. The van der Waals surface area contributed by atoms with E-state index in [9.17, 15) is 13.6 Å². The largest absolute Gasteiger partial charge is 0.323 e. The second-order valence-electron chi connectivity index (χ2n) is 5.43. The number of carbonyl (C=O) groups excluding carboxylic acids is 1. The predicted molar refractivity (Wildman–Crippen MR) is 98.9 cm³/mol. The molecule has 4 nitrogen and oxygen atoms in total. The highest BCUT2D eigenvalue weighted by atomic mass is 35.5. The molecule has 3 rings (SSSR count). The molecule has 0 aliphatic rings. The molecule has 1 heterocycles. The van der Waals surface area contributed by atoms with E-state index in [-0.39, 0.29) is 5.69 Å². The molecule has 1 amide bonds. The molecule has 0 spiro atoms. The lowest BCUT2D eigenvalue weighted by atomic mass is 10.3. The summed E-state index contributed by atoms with van der Waals surface area (Å²) >= 11 is 7.12. The van der Waals surface area contributed by atoms with Gasteiger partial charge in [-0.1, -0.05) is 23.4 Å². The zero-order valence-electron chi connectivity index (χ0n) is 13.6. The Hall–Kier alpha value is -2.38. The highest BCUT2D eigenvalue weighted by Gasteiger charge is 2.19. The van der Waals surface area contributed by atoms with Crippen molar-refractivity contribution < 1.29 is 13.6 Å². The van der Waals surface area contributed by atoms with Crippen molar-refractivity contribution in [3.8, 4) is 5.69 Å². The van der Waals surface area contributed by atoms with Gasteiger partial charge in [-0.2, -0.15) is 0 Å². The normalized spacial score (nSPS) is 12.0. The van der Waals surface area contributed by atoms with Gasteiger partial charge in [0.1, 0.15) is 11.6 Å². The summed E-state index contributed by atoms with van der Waals surface area (Å²) in [6.07, 6.45) is 3.40. The number of halogens is 3. The van der Waals surface area contributed by atoms with E-state index >= 15 is 0 Å². The molecule has 8 heteroatoms. The van der Waals surface area contributed by atoms with Gasteiger partial charge in [-0.3, -0.25) is 9.36 Å². The summed E-state index contributed by atoms with van der Waals surface area (Å²) < 4.78 is 28.5. The van der Waals surface area contributed by atoms with Gasteiger partial charge in [0.25, 0.3) is 0 Å². The van der Waals surface area contributed by atoms with Crippen molar-refractivity contribution in [2.45, 2.75) is 17.3 Å². The van der Waals surface area contributed by atoms with Crippen LogP contribution in [0.4, 0.5) is 14.5 Å². The molecule has 1 aromatic heterocycles. The first-order valence-corrected chi connectivity index (χ1v) is 8.91. The number of rotatable bonds is 5. The van der Waals surface area contributed by atoms with E-state index in [2.05, 4.69) is 10.3 Å². The predicted octanol–water partition coefficient (Wildman–Crippen LogP) is 4.92. The van der Waals surface area contributed by atoms with Crippen LogP contribution < -0.4 is 5.32 Å². The number of thioether (sulfide) groups is 1. The Bertz CT molecular complexity index is 930. The number of anilines is 1. The summed E-state index contributed by atoms with van der Waals surface area (Å²) in [5, 5.41) is 3.14. The van der Waals surface area contributed by atoms with Gasteiger partial charge in [-0.15, -0.1) is 0 Å². The van der Waals surface area contributed by atoms with Crippen LogP contribution in [-0.4, -0.2) is 20.7 Å². The Morgan fingerprint density at radius 1 is 1.23 bits per heavy atom. The van der Waals surface area contributed by atoms with Crippen LogP contribution in [0.25, 0.3) is 5.69 Å². The van der Waals surface area contributed by atoms with Gasteiger partial charge in [-0.25, -0.2) is 13.8 Å². The van der Waals surface area contributed by atoms with Crippen LogP contribution in [-0.2, 0) is 4.79 Å². The van der Waals surface area contributed by atoms with Gasteiger partial charge in [0.2, 0.25) is 5.91 Å². The lowest BCUT2D eigenvalue weighted by molar-refractivity contribution is -0.115. The number of hydrogen-bond donors (Lipinski definition) is 1. The number of aromatic nitrogens is 2. The van der Waals surface area contributed by atoms with Crippen LogP contribution in [0.15, 0.2) is 60.0 Å². The van der Waals surface area contributed by atoms with Gasteiger partial charge in [0, 0.05) is 29.2 Å². The topological polar surface area (TPSA) is 46.9 Å². The molecule has 0 saturated carbocycles. The average Bonchev–Trinajstić information content (AvgIpc) is 3.06. The average molecular weight is 394 g/mol. The third kappa shape index (κ3) is 4.23.